The topological polar surface area (TPSA) is 134 Å². The maximum absolute atomic E-state index is 11.7. The van der Waals surface area contributed by atoms with Gasteiger partial charge in [-0.15, -0.1) is 0 Å². The minimum absolute atomic E-state index is 0.0992. The molecule has 2 rings (SSSR count). The van der Waals surface area contributed by atoms with Crippen molar-refractivity contribution in [3.63, 3.8) is 0 Å². The van der Waals surface area contributed by atoms with Crippen molar-refractivity contribution in [2.45, 2.75) is 19.1 Å². The van der Waals surface area contributed by atoms with E-state index in [0.717, 1.165) is 0 Å². The summed E-state index contributed by atoms with van der Waals surface area (Å²) in [5.41, 5.74) is 1.29. The third-order valence-electron chi connectivity index (χ3n) is 3.99. The number of anilines is 1. The number of aliphatic hydroxyl groups excluding tert-OH is 2. The zero-order chi connectivity index (χ0) is 21.4. The molecule has 0 amide bonds. The van der Waals surface area contributed by atoms with E-state index in [1.807, 2.05) is 0 Å². The van der Waals surface area contributed by atoms with Crippen molar-refractivity contribution in [1.82, 2.24) is 5.32 Å². The standard InChI is InChI=1S/C19H21N3O6S/c1-2-28-18(25)13-3-7-14(8-4-13)20-19(29)21-16(11-23)17(24)12-5-9-15(10-6-12)22(26)27/h3-10,16-17,23-24H,2,11H2,1H3,(H2,20,21,29). The molecular formula is C19H21N3O6S. The first-order valence-corrected chi connectivity index (χ1v) is 9.14. The highest BCUT2D eigenvalue weighted by atomic mass is 32.1. The molecule has 0 aliphatic carbocycles. The molecule has 29 heavy (non-hydrogen) atoms. The molecule has 0 aliphatic heterocycles. The van der Waals surface area contributed by atoms with Gasteiger partial charge in [0.1, 0.15) is 6.10 Å². The number of carbonyl (C=O) groups excluding carboxylic acids is 1. The zero-order valence-corrected chi connectivity index (χ0v) is 16.4. The predicted octanol–water partition coefficient (Wildman–Crippen LogP) is 2.15. The largest absolute Gasteiger partial charge is 0.462 e. The van der Waals surface area contributed by atoms with E-state index < -0.39 is 29.6 Å². The molecule has 2 atom stereocenters. The molecule has 10 heteroatoms. The van der Waals surface area contributed by atoms with Crippen LogP contribution in [0.25, 0.3) is 0 Å². The number of non-ortho nitro benzene ring substituents is 1. The van der Waals surface area contributed by atoms with Gasteiger partial charge in [0.15, 0.2) is 5.11 Å². The number of ether oxygens (including phenoxy) is 1. The average Bonchev–Trinajstić information content (AvgIpc) is 2.72. The summed E-state index contributed by atoms with van der Waals surface area (Å²) in [7, 11) is 0. The number of esters is 1. The van der Waals surface area contributed by atoms with Gasteiger partial charge in [0.05, 0.1) is 29.7 Å². The molecule has 9 nitrogen and oxygen atoms in total. The third-order valence-corrected chi connectivity index (χ3v) is 4.21. The lowest BCUT2D eigenvalue weighted by molar-refractivity contribution is -0.384. The van der Waals surface area contributed by atoms with Crippen molar-refractivity contribution < 1.29 is 24.7 Å². The van der Waals surface area contributed by atoms with Crippen LogP contribution in [0.4, 0.5) is 11.4 Å². The van der Waals surface area contributed by atoms with E-state index >= 15 is 0 Å². The number of carbonyl (C=O) groups is 1. The molecule has 2 unspecified atom stereocenters. The summed E-state index contributed by atoms with van der Waals surface area (Å²) >= 11 is 5.20. The van der Waals surface area contributed by atoms with E-state index in [1.165, 1.54) is 24.3 Å². The average molecular weight is 419 g/mol. The van der Waals surface area contributed by atoms with Crippen LogP contribution in [-0.4, -0.2) is 45.5 Å². The Morgan fingerprint density at radius 2 is 1.83 bits per heavy atom. The Balaban J connectivity index is 1.98. The van der Waals surface area contributed by atoms with Gasteiger partial charge in [-0.05, 0) is 61.1 Å². The number of benzene rings is 2. The molecule has 0 spiro atoms. The quantitative estimate of drug-likeness (QED) is 0.220. The molecule has 0 saturated carbocycles. The van der Waals surface area contributed by atoms with Gasteiger partial charge < -0.3 is 25.6 Å². The first kappa shape index (κ1) is 22.2. The highest BCUT2D eigenvalue weighted by Gasteiger charge is 2.22. The lowest BCUT2D eigenvalue weighted by atomic mass is 10.0. The van der Waals surface area contributed by atoms with Crippen LogP contribution >= 0.6 is 12.2 Å². The Bertz CT molecular complexity index is 857. The normalized spacial score (nSPS) is 12.5. The number of rotatable bonds is 8. The van der Waals surface area contributed by atoms with Crippen LogP contribution in [0.5, 0.6) is 0 Å². The van der Waals surface area contributed by atoms with Gasteiger partial charge in [-0.25, -0.2) is 4.79 Å². The van der Waals surface area contributed by atoms with E-state index in [0.29, 0.717) is 16.8 Å². The predicted molar refractivity (Wildman–Crippen MR) is 111 cm³/mol. The van der Waals surface area contributed by atoms with Gasteiger partial charge in [-0.2, -0.15) is 0 Å². The number of thiocarbonyl (C=S) groups is 1. The van der Waals surface area contributed by atoms with Crippen molar-refractivity contribution in [2.75, 3.05) is 18.5 Å². The van der Waals surface area contributed by atoms with Crippen molar-refractivity contribution >= 4 is 34.7 Å². The summed E-state index contributed by atoms with van der Waals surface area (Å²) < 4.78 is 4.91. The second-order valence-corrected chi connectivity index (χ2v) is 6.39. The second kappa shape index (κ2) is 10.5. The summed E-state index contributed by atoms with van der Waals surface area (Å²) in [4.78, 5) is 21.8. The smallest absolute Gasteiger partial charge is 0.338 e. The van der Waals surface area contributed by atoms with E-state index in [2.05, 4.69) is 10.6 Å². The third kappa shape index (κ3) is 6.21. The number of hydrogen-bond donors (Lipinski definition) is 4. The minimum Gasteiger partial charge on any atom is -0.462 e. The summed E-state index contributed by atoms with van der Waals surface area (Å²) in [5.74, 6) is -0.425. The van der Waals surface area contributed by atoms with E-state index in [4.69, 9.17) is 17.0 Å². The molecule has 2 aromatic rings. The van der Waals surface area contributed by atoms with Crippen LogP contribution in [0, 0.1) is 10.1 Å². The highest BCUT2D eigenvalue weighted by Crippen LogP contribution is 2.20. The Morgan fingerprint density at radius 1 is 1.21 bits per heavy atom. The van der Waals surface area contributed by atoms with Crippen LogP contribution < -0.4 is 10.6 Å². The summed E-state index contributed by atoms with van der Waals surface area (Å²) in [6.07, 6.45) is -1.15. The van der Waals surface area contributed by atoms with Crippen LogP contribution in [0.3, 0.4) is 0 Å². The molecule has 0 fully saturated rings. The van der Waals surface area contributed by atoms with Crippen molar-refractivity contribution in [1.29, 1.82) is 0 Å². The molecule has 4 N–H and O–H groups in total. The SMILES string of the molecule is CCOC(=O)c1ccc(NC(=S)NC(CO)C(O)c2ccc([N+](=O)[O-])cc2)cc1. The Hall–Kier alpha value is -3.08. The first-order chi connectivity index (χ1) is 13.8. The molecule has 0 bridgehead atoms. The van der Waals surface area contributed by atoms with Crippen molar-refractivity contribution in [3.8, 4) is 0 Å². The van der Waals surface area contributed by atoms with Crippen molar-refractivity contribution in [3.05, 3.63) is 69.8 Å². The first-order valence-electron chi connectivity index (χ1n) is 8.73. The van der Waals surface area contributed by atoms with Crippen LogP contribution in [0.1, 0.15) is 28.9 Å². The molecule has 0 aromatic heterocycles. The highest BCUT2D eigenvalue weighted by molar-refractivity contribution is 7.80. The monoisotopic (exact) mass is 419 g/mol. The summed E-state index contributed by atoms with van der Waals surface area (Å²) in [5, 5.41) is 36.6. The maximum atomic E-state index is 11.7. The lowest BCUT2D eigenvalue weighted by Gasteiger charge is -2.24. The maximum Gasteiger partial charge on any atom is 0.338 e. The fourth-order valence-corrected chi connectivity index (χ4v) is 2.76. The molecule has 0 heterocycles. The molecule has 154 valence electrons. The van der Waals surface area contributed by atoms with Gasteiger partial charge in [-0.1, -0.05) is 0 Å². The number of nitrogens with one attached hydrogen (secondary N) is 2. The number of aliphatic hydroxyl groups is 2. The number of hydrogen-bond acceptors (Lipinski definition) is 7. The molecular weight excluding hydrogens is 398 g/mol. The summed E-state index contributed by atoms with van der Waals surface area (Å²) in [6.45, 7) is 1.58. The molecule has 0 saturated heterocycles. The molecule has 0 aliphatic rings. The number of nitrogens with zero attached hydrogens (tertiary/aromatic N) is 1. The van der Waals surface area contributed by atoms with E-state index in [-0.39, 0.29) is 17.4 Å². The lowest BCUT2D eigenvalue weighted by Crippen LogP contribution is -2.43. The zero-order valence-electron chi connectivity index (χ0n) is 15.6. The van der Waals surface area contributed by atoms with E-state index in [1.54, 1.807) is 31.2 Å². The van der Waals surface area contributed by atoms with Crippen LogP contribution in [0.15, 0.2) is 48.5 Å². The minimum atomic E-state index is -1.15. The van der Waals surface area contributed by atoms with Gasteiger partial charge >= 0.3 is 5.97 Å². The van der Waals surface area contributed by atoms with Gasteiger partial charge in [0, 0.05) is 17.8 Å². The van der Waals surface area contributed by atoms with Gasteiger partial charge in [-0.3, -0.25) is 10.1 Å². The van der Waals surface area contributed by atoms with Crippen LogP contribution in [0.2, 0.25) is 0 Å². The fourth-order valence-electron chi connectivity index (χ4n) is 2.49. The molecule has 0 radical (unpaired) electrons. The fraction of sp³-hybridized carbons (Fsp3) is 0.263. The van der Waals surface area contributed by atoms with Crippen molar-refractivity contribution in [2.24, 2.45) is 0 Å². The van der Waals surface area contributed by atoms with Gasteiger partial charge in [0.2, 0.25) is 0 Å². The van der Waals surface area contributed by atoms with Crippen LogP contribution in [-0.2, 0) is 4.74 Å². The summed E-state index contributed by atoms with van der Waals surface area (Å²) in [6, 6.07) is 11.0. The Kier molecular flexibility index (Phi) is 8.01. The molecule has 2 aromatic carbocycles. The van der Waals surface area contributed by atoms with Gasteiger partial charge in [0.25, 0.3) is 5.69 Å². The second-order valence-electron chi connectivity index (χ2n) is 5.98. The number of nitro benzene ring substituents is 1. The Morgan fingerprint density at radius 3 is 2.34 bits per heavy atom. The Labute approximate surface area is 172 Å². The van der Waals surface area contributed by atoms with E-state index in [9.17, 15) is 25.1 Å². The number of nitro groups is 1.